The van der Waals surface area contributed by atoms with Gasteiger partial charge in [-0.3, -0.25) is 5.32 Å². The molecule has 0 aliphatic carbocycles. The Morgan fingerprint density at radius 2 is 2.00 bits per heavy atom. The van der Waals surface area contributed by atoms with Crippen LogP contribution in [0.5, 0.6) is 0 Å². The number of ether oxygens (including phenoxy) is 1. The van der Waals surface area contributed by atoms with Gasteiger partial charge in [-0.15, -0.1) is 0 Å². The van der Waals surface area contributed by atoms with E-state index in [0.717, 1.165) is 0 Å². The summed E-state index contributed by atoms with van der Waals surface area (Å²) in [7, 11) is 0. The molecule has 1 aromatic rings. The number of nitrogens with zero attached hydrogens (tertiary/aromatic N) is 3. The van der Waals surface area contributed by atoms with Crippen LogP contribution in [-0.4, -0.2) is 27.7 Å². The molecular formula is C10H12N4O3. The molecule has 0 saturated carbocycles. The number of hydrogen-bond acceptors (Lipinski definition) is 6. The Bertz CT molecular complexity index is 444. The Morgan fingerprint density at radius 3 is 2.47 bits per heavy atom. The molecule has 7 nitrogen and oxygen atoms in total. The standard InChI is InChI=1S/C10H12N4O3/c1-10(2,3)17-9(16)14-8-11-4-7(5-12-8)13-6-15/h4-5H,1-3H3,(H,11,12,14,16). The van der Waals surface area contributed by atoms with Gasteiger partial charge in [0.1, 0.15) is 11.3 Å². The zero-order valence-corrected chi connectivity index (χ0v) is 9.72. The number of nitrogens with one attached hydrogen (secondary N) is 1. The number of hydrogen-bond donors (Lipinski definition) is 1. The molecule has 0 aliphatic rings. The van der Waals surface area contributed by atoms with E-state index in [1.807, 2.05) is 0 Å². The smallest absolute Gasteiger partial charge is 0.414 e. The summed E-state index contributed by atoms with van der Waals surface area (Å²) in [6.45, 7) is 5.24. The monoisotopic (exact) mass is 236 g/mol. The Kier molecular flexibility index (Phi) is 3.90. The summed E-state index contributed by atoms with van der Waals surface area (Å²) in [6, 6.07) is 0. The lowest BCUT2D eigenvalue weighted by atomic mass is 10.2. The lowest BCUT2D eigenvalue weighted by molar-refractivity contribution is 0.0634. The van der Waals surface area contributed by atoms with Gasteiger partial charge >= 0.3 is 6.09 Å². The van der Waals surface area contributed by atoms with E-state index in [1.54, 1.807) is 20.8 Å². The number of carbonyl (C=O) groups is 1. The van der Waals surface area contributed by atoms with Crippen molar-refractivity contribution in [3.63, 3.8) is 0 Å². The first kappa shape index (κ1) is 12.8. The van der Waals surface area contributed by atoms with Crippen molar-refractivity contribution in [3.05, 3.63) is 12.4 Å². The van der Waals surface area contributed by atoms with Gasteiger partial charge in [-0.1, -0.05) is 0 Å². The quantitative estimate of drug-likeness (QED) is 0.624. The van der Waals surface area contributed by atoms with Crippen molar-refractivity contribution in [2.75, 3.05) is 5.32 Å². The maximum atomic E-state index is 11.3. The highest BCUT2D eigenvalue weighted by Crippen LogP contribution is 2.11. The van der Waals surface area contributed by atoms with Crippen molar-refractivity contribution in [2.45, 2.75) is 26.4 Å². The Morgan fingerprint density at radius 1 is 1.41 bits per heavy atom. The molecule has 0 unspecified atom stereocenters. The van der Waals surface area contributed by atoms with E-state index >= 15 is 0 Å². The summed E-state index contributed by atoms with van der Waals surface area (Å²) in [5.41, 5.74) is -0.332. The first-order valence-electron chi connectivity index (χ1n) is 4.80. The minimum atomic E-state index is -0.649. The van der Waals surface area contributed by atoms with Crippen LogP contribution in [0.3, 0.4) is 0 Å². The van der Waals surface area contributed by atoms with Gasteiger partial charge in [-0.25, -0.2) is 19.6 Å². The predicted molar refractivity (Wildman–Crippen MR) is 59.7 cm³/mol. The fourth-order valence-electron chi connectivity index (χ4n) is 0.891. The molecule has 0 atom stereocenters. The highest BCUT2D eigenvalue weighted by atomic mass is 16.6. The number of aliphatic imine (C=N–C) groups is 1. The van der Waals surface area contributed by atoms with E-state index in [1.165, 1.54) is 18.5 Å². The average Bonchev–Trinajstić information content (AvgIpc) is 2.18. The summed E-state index contributed by atoms with van der Waals surface area (Å²) < 4.78 is 5.00. The Labute approximate surface area is 97.9 Å². The molecule has 1 N–H and O–H groups in total. The van der Waals surface area contributed by atoms with Crippen LogP contribution in [0.25, 0.3) is 0 Å². The van der Waals surface area contributed by atoms with E-state index < -0.39 is 11.7 Å². The largest absolute Gasteiger partial charge is 0.444 e. The van der Waals surface area contributed by atoms with Crippen LogP contribution < -0.4 is 5.32 Å². The van der Waals surface area contributed by atoms with E-state index in [0.29, 0.717) is 0 Å². The van der Waals surface area contributed by atoms with Gasteiger partial charge in [-0.2, -0.15) is 4.99 Å². The number of carbonyl (C=O) groups excluding carboxylic acids is 2. The zero-order valence-electron chi connectivity index (χ0n) is 9.72. The van der Waals surface area contributed by atoms with Crippen LogP contribution in [0.1, 0.15) is 20.8 Å². The molecule has 1 aromatic heterocycles. The summed E-state index contributed by atoms with van der Waals surface area (Å²) in [6.07, 6.45) is 3.27. The van der Waals surface area contributed by atoms with Crippen molar-refractivity contribution in [1.29, 1.82) is 0 Å². The molecule has 90 valence electrons. The lowest BCUT2D eigenvalue weighted by Gasteiger charge is -2.19. The fraction of sp³-hybridized carbons (Fsp3) is 0.400. The van der Waals surface area contributed by atoms with Crippen molar-refractivity contribution >= 4 is 23.8 Å². The normalized spacial score (nSPS) is 10.3. The summed E-state index contributed by atoms with van der Waals surface area (Å²) in [5, 5.41) is 2.34. The van der Waals surface area contributed by atoms with Crippen molar-refractivity contribution in [2.24, 2.45) is 4.99 Å². The third-order valence-corrected chi connectivity index (χ3v) is 1.43. The number of aromatic nitrogens is 2. The van der Waals surface area contributed by atoms with Crippen LogP contribution >= 0.6 is 0 Å². The predicted octanol–water partition coefficient (Wildman–Crippen LogP) is 1.79. The second kappa shape index (κ2) is 5.18. The molecule has 0 spiro atoms. The summed E-state index contributed by atoms with van der Waals surface area (Å²) >= 11 is 0. The molecule has 1 rings (SSSR count). The van der Waals surface area contributed by atoms with Crippen LogP contribution in [0, 0.1) is 0 Å². The highest BCUT2D eigenvalue weighted by Gasteiger charge is 2.16. The van der Waals surface area contributed by atoms with Gasteiger partial charge in [0.05, 0.1) is 12.4 Å². The van der Waals surface area contributed by atoms with Gasteiger partial charge in [-0.05, 0) is 20.8 Å². The van der Waals surface area contributed by atoms with Crippen molar-refractivity contribution < 1.29 is 14.3 Å². The number of rotatable bonds is 2. The van der Waals surface area contributed by atoms with E-state index in [4.69, 9.17) is 4.74 Å². The van der Waals surface area contributed by atoms with E-state index in [-0.39, 0.29) is 11.6 Å². The molecule has 0 bridgehead atoms. The zero-order chi connectivity index (χ0) is 12.9. The van der Waals surface area contributed by atoms with E-state index in [9.17, 15) is 9.59 Å². The molecule has 0 radical (unpaired) electrons. The first-order valence-corrected chi connectivity index (χ1v) is 4.80. The number of isocyanates is 1. The fourth-order valence-corrected chi connectivity index (χ4v) is 0.891. The SMILES string of the molecule is CC(C)(C)OC(=O)Nc1ncc(N=C=O)cn1. The van der Waals surface area contributed by atoms with Gasteiger partial charge in [0.25, 0.3) is 0 Å². The van der Waals surface area contributed by atoms with Gasteiger partial charge in [0, 0.05) is 0 Å². The third kappa shape index (κ3) is 4.85. The summed E-state index contributed by atoms with van der Waals surface area (Å²) in [4.78, 5) is 32.2. The van der Waals surface area contributed by atoms with Crippen molar-refractivity contribution in [1.82, 2.24) is 9.97 Å². The minimum Gasteiger partial charge on any atom is -0.444 e. The maximum Gasteiger partial charge on any atom is 0.414 e. The number of amides is 1. The molecule has 17 heavy (non-hydrogen) atoms. The topological polar surface area (TPSA) is 93.5 Å². The second-order valence-corrected chi connectivity index (χ2v) is 4.09. The first-order chi connectivity index (χ1) is 7.90. The van der Waals surface area contributed by atoms with Gasteiger partial charge in [0.15, 0.2) is 0 Å². The maximum absolute atomic E-state index is 11.3. The van der Waals surface area contributed by atoms with Gasteiger partial charge in [0.2, 0.25) is 12.0 Å². The molecule has 7 heteroatoms. The third-order valence-electron chi connectivity index (χ3n) is 1.43. The number of anilines is 1. The second-order valence-electron chi connectivity index (χ2n) is 4.09. The molecule has 0 saturated heterocycles. The Hall–Kier alpha value is -2.27. The van der Waals surface area contributed by atoms with Crippen molar-refractivity contribution in [3.8, 4) is 0 Å². The molecule has 0 aromatic carbocycles. The van der Waals surface area contributed by atoms with Crippen LogP contribution in [0.15, 0.2) is 17.4 Å². The molecule has 1 heterocycles. The van der Waals surface area contributed by atoms with E-state index in [2.05, 4.69) is 20.3 Å². The summed E-state index contributed by atoms with van der Waals surface area (Å²) in [5.74, 6) is 0.0732. The van der Waals surface area contributed by atoms with Crippen LogP contribution in [-0.2, 0) is 9.53 Å². The highest BCUT2D eigenvalue weighted by molar-refractivity contribution is 5.82. The molecular weight excluding hydrogens is 224 g/mol. The molecule has 1 amide bonds. The lowest BCUT2D eigenvalue weighted by Crippen LogP contribution is -2.27. The van der Waals surface area contributed by atoms with Crippen LogP contribution in [0.4, 0.5) is 16.4 Å². The molecule has 0 fully saturated rings. The average molecular weight is 236 g/mol. The Balaban J connectivity index is 2.63. The van der Waals surface area contributed by atoms with Crippen LogP contribution in [0.2, 0.25) is 0 Å². The van der Waals surface area contributed by atoms with Gasteiger partial charge < -0.3 is 4.74 Å². The molecule has 0 aliphatic heterocycles. The minimum absolute atomic E-state index is 0.0732.